The van der Waals surface area contributed by atoms with Gasteiger partial charge in [-0.15, -0.1) is 0 Å². The van der Waals surface area contributed by atoms with Gasteiger partial charge in [0.05, 0.1) is 12.1 Å². The van der Waals surface area contributed by atoms with Gasteiger partial charge in [-0.1, -0.05) is 36.4 Å². The van der Waals surface area contributed by atoms with Gasteiger partial charge in [0.1, 0.15) is 5.84 Å². The third-order valence-electron chi connectivity index (χ3n) is 4.07. The van der Waals surface area contributed by atoms with Gasteiger partial charge in [0.2, 0.25) is 0 Å². The fourth-order valence-electron chi connectivity index (χ4n) is 2.79. The monoisotopic (exact) mass is 353 g/mol. The molecule has 0 saturated heterocycles. The quantitative estimate of drug-likeness (QED) is 0.363. The van der Waals surface area contributed by atoms with Gasteiger partial charge in [-0.05, 0) is 42.0 Å². The molecule has 7 heteroatoms. The number of guanidine groups is 1. The fraction of sp³-hybridized carbons (Fsp3) is 0.211. The maximum absolute atomic E-state index is 11.3. The summed E-state index contributed by atoms with van der Waals surface area (Å²) in [5, 5.41) is 16.7. The number of hydrogen-bond acceptors (Lipinski definition) is 3. The van der Waals surface area contributed by atoms with Crippen molar-refractivity contribution in [2.24, 2.45) is 22.2 Å². The summed E-state index contributed by atoms with van der Waals surface area (Å²) in [6.07, 6.45) is 1.40. The fourth-order valence-corrected chi connectivity index (χ4v) is 2.79. The number of nitrogens with one attached hydrogen (secondary N) is 1. The van der Waals surface area contributed by atoms with Crippen molar-refractivity contribution < 1.29 is 9.90 Å². The second kappa shape index (κ2) is 8.66. The van der Waals surface area contributed by atoms with Crippen molar-refractivity contribution in [3.8, 4) is 0 Å². The Bertz CT molecular complexity index is 811. The van der Waals surface area contributed by atoms with E-state index >= 15 is 0 Å². The minimum atomic E-state index is -0.853. The number of aliphatic imine (C=N–C) groups is 1. The number of nitrogen functional groups attached to an aromatic ring is 1. The molecular weight excluding hydrogens is 330 g/mol. The lowest BCUT2D eigenvalue weighted by Gasteiger charge is -2.16. The molecule has 7 nitrogen and oxygen atoms in total. The average molecular weight is 353 g/mol. The summed E-state index contributed by atoms with van der Waals surface area (Å²) >= 11 is 0. The zero-order chi connectivity index (χ0) is 19.1. The van der Waals surface area contributed by atoms with Crippen LogP contribution in [-0.2, 0) is 11.2 Å². The van der Waals surface area contributed by atoms with E-state index in [1.807, 2.05) is 30.3 Å². The summed E-state index contributed by atoms with van der Waals surface area (Å²) in [7, 11) is 0. The molecule has 0 amide bonds. The zero-order valence-electron chi connectivity index (χ0n) is 14.4. The van der Waals surface area contributed by atoms with Gasteiger partial charge in [-0.25, -0.2) is 4.99 Å². The van der Waals surface area contributed by atoms with Crippen molar-refractivity contribution in [3.63, 3.8) is 0 Å². The van der Waals surface area contributed by atoms with Crippen molar-refractivity contribution >= 4 is 23.5 Å². The maximum atomic E-state index is 11.3. The lowest BCUT2D eigenvalue weighted by atomic mass is 9.89. The highest BCUT2D eigenvalue weighted by atomic mass is 16.4. The Kier molecular flexibility index (Phi) is 6.32. The van der Waals surface area contributed by atoms with Crippen LogP contribution in [0.15, 0.2) is 53.5 Å². The molecule has 0 aliphatic heterocycles. The number of carboxylic acids is 1. The summed E-state index contributed by atoms with van der Waals surface area (Å²) in [5.74, 6) is -1.03. The Balaban J connectivity index is 2.16. The first-order valence-electron chi connectivity index (χ1n) is 8.20. The maximum Gasteiger partial charge on any atom is 0.303 e. The molecule has 2 rings (SSSR count). The van der Waals surface area contributed by atoms with Crippen molar-refractivity contribution in [3.05, 3.63) is 65.2 Å². The van der Waals surface area contributed by atoms with E-state index in [0.29, 0.717) is 24.1 Å². The molecule has 1 unspecified atom stereocenters. The summed E-state index contributed by atoms with van der Waals surface area (Å²) < 4.78 is 0. The number of aliphatic carboxylic acids is 1. The molecule has 8 N–H and O–H groups in total. The van der Waals surface area contributed by atoms with Crippen LogP contribution in [0.4, 0.5) is 5.69 Å². The Labute approximate surface area is 152 Å². The molecule has 0 aliphatic carbocycles. The Hall–Kier alpha value is -3.35. The normalized spacial score (nSPS) is 11.5. The van der Waals surface area contributed by atoms with Gasteiger partial charge in [-0.3, -0.25) is 10.2 Å². The van der Waals surface area contributed by atoms with Gasteiger partial charge in [0, 0.05) is 5.56 Å². The van der Waals surface area contributed by atoms with Gasteiger partial charge in [-0.2, -0.15) is 0 Å². The number of benzene rings is 2. The van der Waals surface area contributed by atoms with E-state index in [2.05, 4.69) is 4.99 Å². The standard InChI is InChI=1S/C19H23N5O2/c20-18(21)13-7-4-12(5-8-13)6-9-15(11-17(25)26)14-2-1-3-16(10-14)24-19(22)23/h1-5,7-8,10,15H,6,9,11H2,(H3,20,21)(H,25,26)(H4,22,23,24). The lowest BCUT2D eigenvalue weighted by Crippen LogP contribution is -2.21. The molecule has 0 saturated carbocycles. The van der Waals surface area contributed by atoms with E-state index < -0.39 is 5.97 Å². The zero-order valence-corrected chi connectivity index (χ0v) is 14.4. The predicted octanol–water partition coefficient (Wildman–Crippen LogP) is 2.07. The van der Waals surface area contributed by atoms with Crippen LogP contribution in [0.2, 0.25) is 0 Å². The molecule has 0 aromatic heterocycles. The highest BCUT2D eigenvalue weighted by molar-refractivity contribution is 5.94. The van der Waals surface area contributed by atoms with Crippen LogP contribution in [0.3, 0.4) is 0 Å². The molecule has 1 atom stereocenters. The second-order valence-electron chi connectivity index (χ2n) is 6.08. The molecule has 2 aromatic carbocycles. The topological polar surface area (TPSA) is 152 Å². The van der Waals surface area contributed by atoms with Crippen LogP contribution >= 0.6 is 0 Å². The Morgan fingerprint density at radius 1 is 1.12 bits per heavy atom. The molecule has 0 fully saturated rings. The molecule has 136 valence electrons. The van der Waals surface area contributed by atoms with Gasteiger partial charge in [0.25, 0.3) is 0 Å². The van der Waals surface area contributed by atoms with Crippen molar-refractivity contribution in [1.82, 2.24) is 0 Å². The van der Waals surface area contributed by atoms with E-state index in [0.717, 1.165) is 11.1 Å². The van der Waals surface area contributed by atoms with Gasteiger partial charge < -0.3 is 22.3 Å². The van der Waals surface area contributed by atoms with E-state index in [1.54, 1.807) is 18.2 Å². The first-order chi connectivity index (χ1) is 12.3. The minimum Gasteiger partial charge on any atom is -0.481 e. The summed E-state index contributed by atoms with van der Waals surface area (Å²) in [4.78, 5) is 15.3. The first kappa shape index (κ1) is 19.0. The van der Waals surface area contributed by atoms with Crippen LogP contribution in [0.5, 0.6) is 0 Å². The largest absolute Gasteiger partial charge is 0.481 e. The molecule has 0 bridgehead atoms. The minimum absolute atomic E-state index is 0.0246. The summed E-state index contributed by atoms with van der Waals surface area (Å²) in [5.41, 5.74) is 19.5. The van der Waals surface area contributed by atoms with Crippen molar-refractivity contribution in [2.45, 2.75) is 25.2 Å². The van der Waals surface area contributed by atoms with E-state index in [1.165, 1.54) is 0 Å². The average Bonchev–Trinajstić information content (AvgIpc) is 2.58. The number of hydrogen-bond donors (Lipinski definition) is 5. The second-order valence-corrected chi connectivity index (χ2v) is 6.08. The molecule has 0 spiro atoms. The molecule has 2 aromatic rings. The molecule has 0 radical (unpaired) electrons. The number of amidine groups is 1. The molecular formula is C19H23N5O2. The van der Waals surface area contributed by atoms with Crippen LogP contribution in [0.25, 0.3) is 0 Å². The van der Waals surface area contributed by atoms with Crippen LogP contribution in [0, 0.1) is 5.41 Å². The SMILES string of the molecule is N=C(N)c1ccc(CCC(CC(=O)O)c2cccc(N=C(N)N)c2)cc1. The predicted molar refractivity (Wildman–Crippen MR) is 103 cm³/mol. The summed E-state index contributed by atoms with van der Waals surface area (Å²) in [6.45, 7) is 0. The lowest BCUT2D eigenvalue weighted by molar-refractivity contribution is -0.137. The number of carbonyl (C=O) groups is 1. The van der Waals surface area contributed by atoms with E-state index in [9.17, 15) is 9.90 Å². The smallest absolute Gasteiger partial charge is 0.303 e. The van der Waals surface area contributed by atoms with Gasteiger partial charge >= 0.3 is 5.97 Å². The number of nitrogens with zero attached hydrogens (tertiary/aromatic N) is 1. The third-order valence-corrected chi connectivity index (χ3v) is 4.07. The number of aryl methyl sites for hydroxylation is 1. The van der Waals surface area contributed by atoms with E-state index in [-0.39, 0.29) is 24.1 Å². The molecule has 0 aliphatic rings. The van der Waals surface area contributed by atoms with Crippen LogP contribution in [-0.4, -0.2) is 22.9 Å². The van der Waals surface area contributed by atoms with Gasteiger partial charge in [0.15, 0.2) is 5.96 Å². The van der Waals surface area contributed by atoms with Crippen LogP contribution in [0.1, 0.15) is 35.4 Å². The third kappa shape index (κ3) is 5.62. The highest BCUT2D eigenvalue weighted by Crippen LogP contribution is 2.28. The molecule has 0 heterocycles. The van der Waals surface area contributed by atoms with E-state index in [4.69, 9.17) is 22.6 Å². The van der Waals surface area contributed by atoms with Crippen molar-refractivity contribution in [1.29, 1.82) is 5.41 Å². The number of rotatable bonds is 8. The number of carboxylic acid groups (broad SMARTS) is 1. The highest BCUT2D eigenvalue weighted by Gasteiger charge is 2.16. The van der Waals surface area contributed by atoms with Crippen LogP contribution < -0.4 is 17.2 Å². The Morgan fingerprint density at radius 3 is 2.38 bits per heavy atom. The van der Waals surface area contributed by atoms with Crippen molar-refractivity contribution in [2.75, 3.05) is 0 Å². The number of nitrogens with two attached hydrogens (primary N) is 3. The Morgan fingerprint density at radius 2 is 1.81 bits per heavy atom. The summed E-state index contributed by atoms with van der Waals surface area (Å²) in [6, 6.07) is 14.7. The molecule has 26 heavy (non-hydrogen) atoms. The first-order valence-corrected chi connectivity index (χ1v) is 8.20.